The van der Waals surface area contributed by atoms with Gasteiger partial charge in [0.15, 0.2) is 5.82 Å². The summed E-state index contributed by atoms with van der Waals surface area (Å²) in [6, 6.07) is 48.0. The van der Waals surface area contributed by atoms with Crippen LogP contribution in [0.5, 0.6) is 0 Å². The highest BCUT2D eigenvalue weighted by Gasteiger charge is 2.19. The van der Waals surface area contributed by atoms with E-state index in [9.17, 15) is 0 Å². The molecule has 0 spiro atoms. The molecule has 210 valence electrons. The zero-order valence-corrected chi connectivity index (χ0v) is 26.3. The summed E-state index contributed by atoms with van der Waals surface area (Å²) < 4.78 is 7.60. The Bertz CT molecular complexity index is 2470. The number of benzene rings is 6. The van der Waals surface area contributed by atoms with Crippen LogP contribution < -0.4 is 0 Å². The highest BCUT2D eigenvalue weighted by Crippen LogP contribution is 2.44. The first-order valence-corrected chi connectivity index (χ1v) is 17.4. The van der Waals surface area contributed by atoms with Crippen LogP contribution in [0, 0.1) is 0 Å². The maximum Gasteiger partial charge on any atom is 0.161 e. The molecule has 0 aliphatic rings. The molecule has 2 nitrogen and oxygen atoms in total. The number of hydrogen-bond acceptors (Lipinski definition) is 5. The molecule has 6 aromatic carbocycles. The number of rotatable bonds is 3. The van der Waals surface area contributed by atoms with Gasteiger partial charge in [-0.05, 0) is 30.3 Å². The fraction of sp³-hybridized carbons (Fsp3) is 0. The molecule has 4 heterocycles. The minimum absolute atomic E-state index is 0.760. The third kappa shape index (κ3) is 3.85. The Morgan fingerprint density at radius 3 is 1.13 bits per heavy atom. The average molecular weight is 627 g/mol. The Morgan fingerprint density at radius 1 is 0.333 bits per heavy atom. The highest BCUT2D eigenvalue weighted by molar-refractivity contribution is 7.27. The first kappa shape index (κ1) is 25.4. The van der Waals surface area contributed by atoms with Gasteiger partial charge in [0.1, 0.15) is 0 Å². The van der Waals surface area contributed by atoms with Crippen molar-refractivity contribution in [1.82, 2.24) is 9.97 Å². The van der Waals surface area contributed by atoms with Gasteiger partial charge in [0.25, 0.3) is 0 Å². The molecule has 0 aliphatic carbocycles. The van der Waals surface area contributed by atoms with Crippen LogP contribution in [-0.4, -0.2) is 9.97 Å². The van der Waals surface area contributed by atoms with Crippen molar-refractivity contribution in [3.05, 3.63) is 133 Å². The van der Waals surface area contributed by atoms with E-state index in [-0.39, 0.29) is 0 Å². The monoisotopic (exact) mass is 626 g/mol. The summed E-state index contributed by atoms with van der Waals surface area (Å²) in [5.74, 6) is 0.760. The van der Waals surface area contributed by atoms with Gasteiger partial charge < -0.3 is 0 Å². The predicted octanol–water partition coefficient (Wildman–Crippen LogP) is 12.6. The van der Waals surface area contributed by atoms with Crippen molar-refractivity contribution in [1.29, 1.82) is 0 Å². The van der Waals surface area contributed by atoms with E-state index in [0.717, 1.165) is 33.9 Å². The molecule has 0 fully saturated rings. The molecule has 0 aliphatic heterocycles. The molecule has 0 atom stereocenters. The van der Waals surface area contributed by atoms with E-state index in [0.29, 0.717) is 0 Å². The lowest BCUT2D eigenvalue weighted by molar-refractivity contribution is 1.19. The molecule has 0 saturated carbocycles. The number of fused-ring (bicyclic) bond motifs is 9. The van der Waals surface area contributed by atoms with Crippen LogP contribution in [0.15, 0.2) is 133 Å². The van der Waals surface area contributed by atoms with Crippen molar-refractivity contribution in [2.24, 2.45) is 0 Å². The van der Waals surface area contributed by atoms with Crippen molar-refractivity contribution in [3.8, 4) is 33.9 Å². The molecule has 0 radical (unpaired) electrons. The van der Waals surface area contributed by atoms with Crippen LogP contribution in [0.3, 0.4) is 0 Å². The van der Waals surface area contributed by atoms with E-state index in [1.807, 2.05) is 34.0 Å². The van der Waals surface area contributed by atoms with Crippen molar-refractivity contribution >= 4 is 94.5 Å². The quantitative estimate of drug-likeness (QED) is 0.195. The highest BCUT2D eigenvalue weighted by atomic mass is 32.1. The summed E-state index contributed by atoms with van der Waals surface area (Å²) in [7, 11) is 0. The second kappa shape index (κ2) is 9.78. The number of hydrogen-bond donors (Lipinski definition) is 0. The van der Waals surface area contributed by atoms with Gasteiger partial charge in [0.05, 0.1) is 11.4 Å². The SMILES string of the molecule is c1ccc2c(c1)sc1c(-c3cc(-c4cccc5c4sc4ccccc45)nc(-c4cccc5c4sc4ccccc45)n3)cccc12. The summed E-state index contributed by atoms with van der Waals surface area (Å²) in [6.07, 6.45) is 0. The normalized spacial score (nSPS) is 12.0. The van der Waals surface area contributed by atoms with Crippen molar-refractivity contribution in [2.45, 2.75) is 0 Å². The van der Waals surface area contributed by atoms with Gasteiger partial charge >= 0.3 is 0 Å². The van der Waals surface area contributed by atoms with E-state index >= 15 is 0 Å². The lowest BCUT2D eigenvalue weighted by Crippen LogP contribution is -1.96. The first-order chi connectivity index (χ1) is 22.3. The topological polar surface area (TPSA) is 25.8 Å². The van der Waals surface area contributed by atoms with Crippen molar-refractivity contribution in [3.63, 3.8) is 0 Å². The number of aromatic nitrogens is 2. The van der Waals surface area contributed by atoms with Crippen LogP contribution in [0.25, 0.3) is 94.4 Å². The molecule has 0 bridgehead atoms. The maximum absolute atomic E-state index is 5.37. The van der Waals surface area contributed by atoms with Gasteiger partial charge in [-0.2, -0.15) is 0 Å². The second-order valence-electron chi connectivity index (χ2n) is 11.3. The van der Waals surface area contributed by atoms with Crippen molar-refractivity contribution < 1.29 is 0 Å². The number of nitrogens with zero attached hydrogens (tertiary/aromatic N) is 2. The molecule has 45 heavy (non-hydrogen) atoms. The third-order valence-electron chi connectivity index (χ3n) is 8.73. The molecule has 5 heteroatoms. The van der Waals surface area contributed by atoms with Crippen LogP contribution >= 0.6 is 34.0 Å². The summed E-state index contributed by atoms with van der Waals surface area (Å²) in [4.78, 5) is 10.7. The Balaban J connectivity index is 1.29. The van der Waals surface area contributed by atoms with Gasteiger partial charge in [0, 0.05) is 77.2 Å². The standard InChI is InChI=1S/C40H22N2S3/c1-4-19-34-23(10-1)26-13-7-16-29(37(26)43-34)32-22-33(30-17-8-14-27-24-11-2-5-20-35(24)44-38(27)30)42-40(41-32)31-18-9-15-28-25-12-3-6-21-36(25)45-39(28)31/h1-22H. The van der Waals surface area contributed by atoms with Crippen LogP contribution in [-0.2, 0) is 0 Å². The molecule has 0 amide bonds. The van der Waals surface area contributed by atoms with Gasteiger partial charge in [-0.25, -0.2) is 9.97 Å². The molecule has 0 unspecified atom stereocenters. The van der Waals surface area contributed by atoms with Gasteiger partial charge in [0.2, 0.25) is 0 Å². The second-order valence-corrected chi connectivity index (χ2v) is 14.5. The molecule has 10 aromatic rings. The average Bonchev–Trinajstić information content (AvgIpc) is 3.79. The van der Waals surface area contributed by atoms with E-state index in [4.69, 9.17) is 9.97 Å². The van der Waals surface area contributed by atoms with E-state index in [1.165, 1.54) is 60.5 Å². The Hall–Kier alpha value is -4.94. The molecule has 0 N–H and O–H groups in total. The van der Waals surface area contributed by atoms with E-state index in [2.05, 4.69) is 133 Å². The lowest BCUT2D eigenvalue weighted by Gasteiger charge is -2.11. The Labute approximate surface area is 270 Å². The zero-order valence-electron chi connectivity index (χ0n) is 23.8. The Kier molecular flexibility index (Phi) is 5.52. The first-order valence-electron chi connectivity index (χ1n) is 14.9. The Morgan fingerprint density at radius 2 is 0.689 bits per heavy atom. The zero-order chi connectivity index (χ0) is 29.5. The van der Waals surface area contributed by atoms with E-state index < -0.39 is 0 Å². The molecular formula is C40H22N2S3. The largest absolute Gasteiger partial charge is 0.228 e. The fourth-order valence-electron chi connectivity index (χ4n) is 6.66. The van der Waals surface area contributed by atoms with Gasteiger partial charge in [-0.1, -0.05) is 103 Å². The summed E-state index contributed by atoms with van der Waals surface area (Å²) >= 11 is 5.50. The van der Waals surface area contributed by atoms with Gasteiger partial charge in [-0.15, -0.1) is 34.0 Å². The smallest absolute Gasteiger partial charge is 0.161 e. The third-order valence-corrected chi connectivity index (χ3v) is 12.4. The maximum atomic E-state index is 5.37. The van der Waals surface area contributed by atoms with Crippen molar-refractivity contribution in [2.75, 3.05) is 0 Å². The van der Waals surface area contributed by atoms with Crippen LogP contribution in [0.1, 0.15) is 0 Å². The molecule has 0 saturated heterocycles. The minimum Gasteiger partial charge on any atom is -0.228 e. The lowest BCUT2D eigenvalue weighted by atomic mass is 10.0. The number of thiophene rings is 3. The molecule has 10 rings (SSSR count). The predicted molar refractivity (Wildman–Crippen MR) is 197 cm³/mol. The fourth-order valence-corrected chi connectivity index (χ4v) is 10.3. The summed E-state index contributed by atoms with van der Waals surface area (Å²) in [5, 5.41) is 7.65. The minimum atomic E-state index is 0.760. The summed E-state index contributed by atoms with van der Waals surface area (Å²) in [5.41, 5.74) is 5.26. The van der Waals surface area contributed by atoms with Crippen LogP contribution in [0.2, 0.25) is 0 Å². The van der Waals surface area contributed by atoms with E-state index in [1.54, 1.807) is 0 Å². The summed E-state index contributed by atoms with van der Waals surface area (Å²) in [6.45, 7) is 0. The van der Waals surface area contributed by atoms with Crippen LogP contribution in [0.4, 0.5) is 0 Å². The molecule has 4 aromatic heterocycles. The molecular weight excluding hydrogens is 605 g/mol. The van der Waals surface area contributed by atoms with Gasteiger partial charge in [-0.3, -0.25) is 0 Å².